The monoisotopic (exact) mass is 362 g/mol. The van der Waals surface area contributed by atoms with Crippen LogP contribution in [0, 0.1) is 0 Å². The Hall–Kier alpha value is -2.66. The Bertz CT molecular complexity index is 883. The van der Waals surface area contributed by atoms with Crippen molar-refractivity contribution < 1.29 is 4.79 Å². The van der Waals surface area contributed by atoms with Gasteiger partial charge in [0.25, 0.3) is 0 Å². The highest BCUT2D eigenvalue weighted by atomic mass is 16.2. The van der Waals surface area contributed by atoms with Crippen LogP contribution in [0.2, 0.25) is 0 Å². The van der Waals surface area contributed by atoms with Gasteiger partial charge in [-0.1, -0.05) is 42.5 Å². The van der Waals surface area contributed by atoms with Crippen LogP contribution in [0.1, 0.15) is 30.9 Å². The first kappa shape index (κ1) is 17.7. The van der Waals surface area contributed by atoms with Crippen molar-refractivity contribution in [3.63, 3.8) is 0 Å². The highest BCUT2D eigenvalue weighted by Gasteiger charge is 2.27. The number of benzene rings is 2. The Morgan fingerprint density at radius 2 is 1.78 bits per heavy atom. The molecule has 3 aromatic rings. The Kier molecular flexibility index (Phi) is 5.49. The molecule has 1 amide bonds. The number of carbonyl (C=O) groups excluding carboxylic acids is 1. The number of para-hydroxylation sites is 2. The Morgan fingerprint density at radius 1 is 1.04 bits per heavy atom. The highest BCUT2D eigenvalue weighted by molar-refractivity contribution is 5.83. The van der Waals surface area contributed by atoms with Gasteiger partial charge >= 0.3 is 0 Å². The molecule has 0 radical (unpaired) electrons. The summed E-state index contributed by atoms with van der Waals surface area (Å²) in [6.07, 6.45) is 5.06. The van der Waals surface area contributed by atoms with Crippen molar-refractivity contribution in [2.24, 2.45) is 0 Å². The molecular weight excluding hydrogens is 336 g/mol. The predicted molar refractivity (Wildman–Crippen MR) is 107 cm³/mol. The molecule has 2 heterocycles. The van der Waals surface area contributed by atoms with Gasteiger partial charge in [0.1, 0.15) is 6.04 Å². The van der Waals surface area contributed by atoms with Crippen LogP contribution in [0.15, 0.2) is 60.9 Å². The molecule has 0 saturated carbocycles. The largest absolute Gasteiger partial charge is 0.341 e. The average molecular weight is 362 g/mol. The zero-order valence-electron chi connectivity index (χ0n) is 15.6. The van der Waals surface area contributed by atoms with Gasteiger partial charge in [0, 0.05) is 19.6 Å². The third-order valence-corrected chi connectivity index (χ3v) is 5.25. The number of aromatic nitrogens is 2. The molecule has 1 fully saturated rings. The minimum Gasteiger partial charge on any atom is -0.341 e. The maximum atomic E-state index is 13.0. The van der Waals surface area contributed by atoms with Gasteiger partial charge in [-0.2, -0.15) is 0 Å². The van der Waals surface area contributed by atoms with E-state index in [-0.39, 0.29) is 11.9 Å². The minimum absolute atomic E-state index is 0.201. The van der Waals surface area contributed by atoms with Crippen molar-refractivity contribution >= 4 is 16.9 Å². The van der Waals surface area contributed by atoms with E-state index in [9.17, 15) is 4.79 Å². The van der Waals surface area contributed by atoms with Crippen LogP contribution < -0.4 is 5.32 Å². The summed E-state index contributed by atoms with van der Waals surface area (Å²) in [5.41, 5.74) is 3.23. The number of hydrogen-bond acceptors (Lipinski definition) is 3. The SMILES string of the molecule is O=C(C(NCCCn1cnc2ccccc21)c1ccccc1)N1CCCC1. The summed E-state index contributed by atoms with van der Waals surface area (Å²) in [7, 11) is 0. The summed E-state index contributed by atoms with van der Waals surface area (Å²) in [5, 5.41) is 3.50. The quantitative estimate of drug-likeness (QED) is 0.656. The van der Waals surface area contributed by atoms with Crippen molar-refractivity contribution in [3.8, 4) is 0 Å². The number of hydrogen-bond donors (Lipinski definition) is 1. The maximum absolute atomic E-state index is 13.0. The second kappa shape index (κ2) is 8.35. The van der Waals surface area contributed by atoms with Crippen LogP contribution in [0.4, 0.5) is 0 Å². The van der Waals surface area contributed by atoms with Crippen LogP contribution in [0.25, 0.3) is 11.0 Å². The zero-order chi connectivity index (χ0) is 18.5. The summed E-state index contributed by atoms with van der Waals surface area (Å²) < 4.78 is 2.18. The molecular formula is C22H26N4O. The van der Waals surface area contributed by atoms with Crippen LogP contribution in [0.5, 0.6) is 0 Å². The lowest BCUT2D eigenvalue weighted by Gasteiger charge is -2.24. The second-order valence-electron chi connectivity index (χ2n) is 7.11. The minimum atomic E-state index is -0.260. The summed E-state index contributed by atoms with van der Waals surface area (Å²) in [6.45, 7) is 3.42. The molecule has 1 saturated heterocycles. The standard InChI is InChI=1S/C22H26N4O/c27-22(25-14-6-7-15-25)21(18-9-2-1-3-10-18)23-13-8-16-26-17-24-19-11-4-5-12-20(19)26/h1-5,9-12,17,21,23H,6-8,13-16H2. The van der Waals surface area contributed by atoms with Gasteiger partial charge in [0.05, 0.1) is 17.4 Å². The van der Waals surface area contributed by atoms with E-state index in [1.54, 1.807) is 0 Å². The molecule has 27 heavy (non-hydrogen) atoms. The Labute approximate surface area is 160 Å². The topological polar surface area (TPSA) is 50.2 Å². The number of nitrogens with zero attached hydrogens (tertiary/aromatic N) is 3. The van der Waals surface area contributed by atoms with Gasteiger partial charge in [-0.3, -0.25) is 4.79 Å². The number of likely N-dealkylation sites (tertiary alicyclic amines) is 1. The van der Waals surface area contributed by atoms with Gasteiger partial charge in [0.2, 0.25) is 5.91 Å². The summed E-state index contributed by atoms with van der Waals surface area (Å²) in [4.78, 5) is 19.4. The Balaban J connectivity index is 1.39. The lowest BCUT2D eigenvalue weighted by Crippen LogP contribution is -2.40. The van der Waals surface area contributed by atoms with Gasteiger partial charge in [-0.25, -0.2) is 4.98 Å². The van der Waals surface area contributed by atoms with Gasteiger partial charge in [-0.05, 0) is 43.5 Å². The molecule has 1 N–H and O–H groups in total. The molecule has 0 aliphatic carbocycles. The molecule has 4 rings (SSSR count). The first-order valence-electron chi connectivity index (χ1n) is 9.80. The van der Waals surface area contributed by atoms with Crippen LogP contribution in [-0.4, -0.2) is 40.0 Å². The zero-order valence-corrected chi connectivity index (χ0v) is 15.6. The van der Waals surface area contributed by atoms with Crippen molar-refractivity contribution in [3.05, 3.63) is 66.5 Å². The fourth-order valence-electron chi connectivity index (χ4n) is 3.80. The lowest BCUT2D eigenvalue weighted by atomic mass is 10.1. The molecule has 140 valence electrons. The van der Waals surface area contributed by atoms with Crippen LogP contribution >= 0.6 is 0 Å². The number of fused-ring (bicyclic) bond motifs is 1. The normalized spacial score (nSPS) is 15.3. The first-order chi connectivity index (χ1) is 13.3. The number of carbonyl (C=O) groups is 1. The fourth-order valence-corrected chi connectivity index (χ4v) is 3.80. The predicted octanol–water partition coefficient (Wildman–Crippen LogP) is 3.38. The molecule has 5 nitrogen and oxygen atoms in total. The summed E-state index contributed by atoms with van der Waals surface area (Å²) in [5.74, 6) is 0.201. The van der Waals surface area contributed by atoms with Crippen molar-refractivity contribution in [1.82, 2.24) is 19.8 Å². The molecule has 5 heteroatoms. The maximum Gasteiger partial charge on any atom is 0.244 e. The number of amides is 1. The van der Waals surface area contributed by atoms with Gasteiger partial charge < -0.3 is 14.8 Å². The van der Waals surface area contributed by atoms with E-state index in [0.717, 1.165) is 62.0 Å². The van der Waals surface area contributed by atoms with Crippen molar-refractivity contribution in [2.75, 3.05) is 19.6 Å². The summed E-state index contributed by atoms with van der Waals surface area (Å²) >= 11 is 0. The van der Waals surface area contributed by atoms with E-state index in [2.05, 4.69) is 20.9 Å². The van der Waals surface area contributed by atoms with Crippen molar-refractivity contribution in [2.45, 2.75) is 31.8 Å². The fraction of sp³-hybridized carbons (Fsp3) is 0.364. The molecule has 1 aliphatic rings. The van der Waals surface area contributed by atoms with E-state index in [4.69, 9.17) is 0 Å². The highest BCUT2D eigenvalue weighted by Crippen LogP contribution is 2.19. The average Bonchev–Trinajstić information content (AvgIpc) is 3.39. The summed E-state index contributed by atoms with van der Waals surface area (Å²) in [6, 6.07) is 18.0. The van der Waals surface area contributed by atoms with Gasteiger partial charge in [0.15, 0.2) is 0 Å². The molecule has 0 bridgehead atoms. The molecule has 1 aliphatic heterocycles. The molecule has 1 unspecified atom stereocenters. The van der Waals surface area contributed by atoms with Crippen molar-refractivity contribution in [1.29, 1.82) is 0 Å². The number of nitrogens with one attached hydrogen (secondary N) is 1. The lowest BCUT2D eigenvalue weighted by molar-refractivity contribution is -0.132. The van der Waals surface area contributed by atoms with Crippen LogP contribution in [-0.2, 0) is 11.3 Å². The van der Waals surface area contributed by atoms with E-state index in [1.807, 2.05) is 59.8 Å². The van der Waals surface area contributed by atoms with E-state index in [0.29, 0.717) is 0 Å². The van der Waals surface area contributed by atoms with Gasteiger partial charge in [-0.15, -0.1) is 0 Å². The number of imidazole rings is 1. The third-order valence-electron chi connectivity index (χ3n) is 5.25. The molecule has 1 atom stereocenters. The van der Waals surface area contributed by atoms with Crippen LogP contribution in [0.3, 0.4) is 0 Å². The number of rotatable bonds is 7. The van der Waals surface area contributed by atoms with E-state index < -0.39 is 0 Å². The number of aryl methyl sites for hydroxylation is 1. The molecule has 1 aromatic heterocycles. The smallest absolute Gasteiger partial charge is 0.244 e. The third kappa shape index (κ3) is 4.03. The van der Waals surface area contributed by atoms with E-state index >= 15 is 0 Å². The molecule has 0 spiro atoms. The molecule has 2 aromatic carbocycles. The first-order valence-corrected chi connectivity index (χ1v) is 9.80. The van der Waals surface area contributed by atoms with E-state index in [1.165, 1.54) is 0 Å². The second-order valence-corrected chi connectivity index (χ2v) is 7.11. The Morgan fingerprint density at radius 3 is 2.59 bits per heavy atom.